The predicted molar refractivity (Wildman–Crippen MR) is 140 cm³/mol. The molecule has 0 bridgehead atoms. The maximum atomic E-state index is 12.6. The van der Waals surface area contributed by atoms with Crippen molar-refractivity contribution in [3.8, 4) is 23.1 Å². The average Bonchev–Trinajstić information content (AvgIpc) is 3.46. The fourth-order valence-electron chi connectivity index (χ4n) is 3.43. The van der Waals surface area contributed by atoms with Crippen LogP contribution in [0.25, 0.3) is 17.1 Å². The Balaban J connectivity index is 1.45. The van der Waals surface area contributed by atoms with E-state index in [1.54, 1.807) is 18.5 Å². The zero-order valence-corrected chi connectivity index (χ0v) is 21.4. The Hall–Kier alpha value is -3.94. The third-order valence-electron chi connectivity index (χ3n) is 5.15. The topological polar surface area (TPSA) is 110 Å². The number of thiophene rings is 1. The van der Waals surface area contributed by atoms with Crippen molar-refractivity contribution >= 4 is 40.0 Å². The SMILES string of the molecule is CCOC(=O)c1sc(NC(=O)CCSc2nc(-c3ccccc3)n(-c3ccccc3)n2)c(C#N)c1C. The number of nitrogens with one attached hydrogen (secondary N) is 1. The molecule has 2 aromatic carbocycles. The van der Waals surface area contributed by atoms with Gasteiger partial charge >= 0.3 is 5.97 Å². The highest BCUT2D eigenvalue weighted by Gasteiger charge is 2.22. The van der Waals surface area contributed by atoms with Crippen molar-refractivity contribution in [2.24, 2.45) is 0 Å². The number of nitriles is 1. The first kappa shape index (κ1) is 25.2. The molecule has 1 N–H and O–H groups in total. The molecule has 0 saturated carbocycles. The minimum absolute atomic E-state index is 0.182. The molecular formula is C26H23N5O3S2. The van der Waals surface area contributed by atoms with Crippen molar-refractivity contribution in [1.82, 2.24) is 14.8 Å². The summed E-state index contributed by atoms with van der Waals surface area (Å²) >= 11 is 2.43. The van der Waals surface area contributed by atoms with Crippen molar-refractivity contribution in [1.29, 1.82) is 5.26 Å². The van der Waals surface area contributed by atoms with E-state index >= 15 is 0 Å². The molecule has 0 aliphatic carbocycles. The van der Waals surface area contributed by atoms with E-state index in [0.29, 0.717) is 32.2 Å². The number of hydrogen-bond acceptors (Lipinski definition) is 8. The van der Waals surface area contributed by atoms with E-state index in [-0.39, 0.29) is 24.5 Å². The van der Waals surface area contributed by atoms with E-state index in [4.69, 9.17) is 9.72 Å². The van der Waals surface area contributed by atoms with Crippen molar-refractivity contribution in [2.45, 2.75) is 25.4 Å². The molecule has 0 aliphatic heterocycles. The van der Waals surface area contributed by atoms with E-state index in [2.05, 4.69) is 16.5 Å². The monoisotopic (exact) mass is 517 g/mol. The second-order valence-electron chi connectivity index (χ2n) is 7.57. The molecule has 8 nitrogen and oxygen atoms in total. The Morgan fingerprint density at radius 3 is 2.50 bits per heavy atom. The standard InChI is InChI=1S/C26H23N5O3S2/c1-3-34-25(33)22-17(2)20(16-27)24(36-22)28-21(32)14-15-35-26-29-23(18-10-6-4-7-11-18)31(30-26)19-12-8-5-9-13-19/h4-13H,3,14-15H2,1-2H3,(H,28,32). The van der Waals surface area contributed by atoms with Crippen LogP contribution in [0.3, 0.4) is 0 Å². The number of rotatable bonds is 9. The predicted octanol–water partition coefficient (Wildman–Crippen LogP) is 5.47. The smallest absolute Gasteiger partial charge is 0.348 e. The number of carbonyl (C=O) groups excluding carboxylic acids is 2. The van der Waals surface area contributed by atoms with Crippen LogP contribution >= 0.6 is 23.1 Å². The lowest BCUT2D eigenvalue weighted by molar-refractivity contribution is -0.115. The lowest BCUT2D eigenvalue weighted by atomic mass is 10.2. The third kappa shape index (κ3) is 5.64. The fourth-order valence-corrected chi connectivity index (χ4v) is 5.26. The van der Waals surface area contributed by atoms with Crippen molar-refractivity contribution in [3.05, 3.63) is 76.7 Å². The van der Waals surface area contributed by atoms with Gasteiger partial charge in [-0.2, -0.15) is 5.26 Å². The lowest BCUT2D eigenvalue weighted by Gasteiger charge is -2.05. The molecular weight excluding hydrogens is 494 g/mol. The third-order valence-corrected chi connectivity index (χ3v) is 7.18. The number of esters is 1. The summed E-state index contributed by atoms with van der Waals surface area (Å²) in [6, 6.07) is 21.6. The average molecular weight is 518 g/mol. The van der Waals surface area contributed by atoms with Crippen LogP contribution in [0.1, 0.15) is 34.1 Å². The molecule has 0 unspecified atom stereocenters. The minimum atomic E-state index is -0.498. The first-order valence-electron chi connectivity index (χ1n) is 11.2. The first-order chi connectivity index (χ1) is 17.5. The molecule has 0 spiro atoms. The van der Waals surface area contributed by atoms with Gasteiger partial charge in [-0.25, -0.2) is 14.5 Å². The maximum absolute atomic E-state index is 12.6. The zero-order chi connectivity index (χ0) is 25.5. The number of hydrogen-bond donors (Lipinski definition) is 1. The molecule has 10 heteroatoms. The van der Waals surface area contributed by atoms with Crippen LogP contribution in [-0.2, 0) is 9.53 Å². The number of nitrogens with zero attached hydrogens (tertiary/aromatic N) is 4. The number of para-hydroxylation sites is 1. The Morgan fingerprint density at radius 2 is 1.83 bits per heavy atom. The molecule has 0 aliphatic rings. The number of carbonyl (C=O) groups is 2. The summed E-state index contributed by atoms with van der Waals surface area (Å²) < 4.78 is 6.84. The molecule has 0 fully saturated rings. The number of benzene rings is 2. The van der Waals surface area contributed by atoms with Crippen LogP contribution in [0.2, 0.25) is 0 Å². The summed E-state index contributed by atoms with van der Waals surface area (Å²) in [5, 5.41) is 17.8. The molecule has 0 saturated heterocycles. The highest BCUT2D eigenvalue weighted by molar-refractivity contribution is 7.99. The summed E-state index contributed by atoms with van der Waals surface area (Å²) in [5.74, 6) is 0.395. The van der Waals surface area contributed by atoms with Gasteiger partial charge in [0.2, 0.25) is 11.1 Å². The van der Waals surface area contributed by atoms with Crippen molar-refractivity contribution in [2.75, 3.05) is 17.7 Å². The van der Waals surface area contributed by atoms with Gasteiger partial charge in [0.05, 0.1) is 17.9 Å². The van der Waals surface area contributed by atoms with Gasteiger partial charge in [0.25, 0.3) is 0 Å². The van der Waals surface area contributed by atoms with Crippen LogP contribution in [0.15, 0.2) is 65.8 Å². The molecule has 182 valence electrons. The Morgan fingerprint density at radius 1 is 1.14 bits per heavy atom. The Labute approximate surface area is 216 Å². The number of anilines is 1. The van der Waals surface area contributed by atoms with Gasteiger partial charge in [-0.05, 0) is 31.5 Å². The molecule has 2 heterocycles. The number of thioether (sulfide) groups is 1. The van der Waals surface area contributed by atoms with Gasteiger partial charge in [0.1, 0.15) is 15.9 Å². The second kappa shape index (κ2) is 11.7. The van der Waals surface area contributed by atoms with E-state index in [0.717, 1.165) is 22.6 Å². The van der Waals surface area contributed by atoms with E-state index < -0.39 is 5.97 Å². The summed E-state index contributed by atoms with van der Waals surface area (Å²) in [4.78, 5) is 29.8. The second-order valence-corrected chi connectivity index (χ2v) is 9.65. The van der Waals surface area contributed by atoms with Crippen LogP contribution < -0.4 is 5.32 Å². The van der Waals surface area contributed by atoms with Crippen molar-refractivity contribution < 1.29 is 14.3 Å². The van der Waals surface area contributed by atoms with E-state index in [9.17, 15) is 14.9 Å². The molecule has 0 atom stereocenters. The van der Waals surface area contributed by atoms with Crippen LogP contribution in [0.4, 0.5) is 5.00 Å². The van der Waals surface area contributed by atoms with Gasteiger partial charge in [-0.15, -0.1) is 16.4 Å². The van der Waals surface area contributed by atoms with E-state index in [1.165, 1.54) is 11.8 Å². The van der Waals surface area contributed by atoms with Crippen LogP contribution in [0.5, 0.6) is 0 Å². The highest BCUT2D eigenvalue weighted by atomic mass is 32.2. The molecule has 36 heavy (non-hydrogen) atoms. The molecule has 0 radical (unpaired) electrons. The number of amides is 1. The largest absolute Gasteiger partial charge is 0.462 e. The summed E-state index contributed by atoms with van der Waals surface area (Å²) in [5.41, 5.74) is 2.62. The van der Waals surface area contributed by atoms with Gasteiger partial charge in [-0.3, -0.25) is 4.79 Å². The molecule has 2 aromatic heterocycles. The van der Waals surface area contributed by atoms with E-state index in [1.807, 2.05) is 60.7 Å². The lowest BCUT2D eigenvalue weighted by Crippen LogP contribution is -2.12. The number of ether oxygens (including phenoxy) is 1. The Bertz CT molecular complexity index is 1350. The quantitative estimate of drug-likeness (QED) is 0.231. The summed E-state index contributed by atoms with van der Waals surface area (Å²) in [6.45, 7) is 3.62. The maximum Gasteiger partial charge on any atom is 0.348 e. The normalized spacial score (nSPS) is 10.6. The molecule has 4 aromatic rings. The fraction of sp³-hybridized carbons (Fsp3) is 0.192. The first-order valence-corrected chi connectivity index (χ1v) is 13.0. The Kier molecular flexibility index (Phi) is 8.15. The van der Waals surface area contributed by atoms with Crippen LogP contribution in [-0.4, -0.2) is 39.0 Å². The minimum Gasteiger partial charge on any atom is -0.462 e. The van der Waals surface area contributed by atoms with Crippen LogP contribution in [0, 0.1) is 18.3 Å². The summed E-state index contributed by atoms with van der Waals surface area (Å²) in [6.07, 6.45) is 0.182. The summed E-state index contributed by atoms with van der Waals surface area (Å²) in [7, 11) is 0. The van der Waals surface area contributed by atoms with Gasteiger partial charge in [0, 0.05) is 17.7 Å². The van der Waals surface area contributed by atoms with Gasteiger partial charge in [0.15, 0.2) is 5.82 Å². The highest BCUT2D eigenvalue weighted by Crippen LogP contribution is 2.33. The van der Waals surface area contributed by atoms with Crippen molar-refractivity contribution in [3.63, 3.8) is 0 Å². The molecule has 4 rings (SSSR count). The number of aromatic nitrogens is 3. The zero-order valence-electron chi connectivity index (χ0n) is 19.7. The van der Waals surface area contributed by atoms with Gasteiger partial charge < -0.3 is 10.1 Å². The molecule has 1 amide bonds. The van der Waals surface area contributed by atoms with Gasteiger partial charge in [-0.1, -0.05) is 60.3 Å².